The van der Waals surface area contributed by atoms with E-state index in [2.05, 4.69) is 10.0 Å². The molecule has 0 fully saturated rings. The Balaban J connectivity index is 2.48. The van der Waals surface area contributed by atoms with Crippen LogP contribution in [0.3, 0.4) is 0 Å². The van der Waals surface area contributed by atoms with Crippen LogP contribution in [0.5, 0.6) is 0 Å². The SMILES string of the molecule is CCOCCc1cc(NCCNS(C)(=O)=O)ccc1N. The van der Waals surface area contributed by atoms with Crippen LogP contribution in [-0.2, 0) is 21.2 Å². The number of benzene rings is 1. The van der Waals surface area contributed by atoms with Crippen molar-refractivity contribution in [3.8, 4) is 0 Å². The summed E-state index contributed by atoms with van der Waals surface area (Å²) in [6.07, 6.45) is 1.90. The highest BCUT2D eigenvalue weighted by Gasteiger charge is 2.02. The zero-order chi connectivity index (χ0) is 15.0. The summed E-state index contributed by atoms with van der Waals surface area (Å²) in [5.74, 6) is 0. The standard InChI is InChI=1S/C13H23N3O3S/c1-3-19-9-6-11-10-12(4-5-13(11)14)15-7-8-16-20(2,17)18/h4-5,10,15-16H,3,6-9,14H2,1-2H3. The highest BCUT2D eigenvalue weighted by molar-refractivity contribution is 7.88. The van der Waals surface area contributed by atoms with Gasteiger partial charge in [-0.1, -0.05) is 0 Å². The van der Waals surface area contributed by atoms with Gasteiger partial charge in [-0.3, -0.25) is 0 Å². The Morgan fingerprint density at radius 1 is 1.30 bits per heavy atom. The first-order valence-electron chi connectivity index (χ1n) is 6.57. The molecule has 1 aromatic carbocycles. The maximum atomic E-state index is 10.9. The Labute approximate surface area is 120 Å². The smallest absolute Gasteiger partial charge is 0.208 e. The van der Waals surface area contributed by atoms with Crippen molar-refractivity contribution >= 4 is 21.4 Å². The summed E-state index contributed by atoms with van der Waals surface area (Å²) in [6, 6.07) is 5.68. The number of hydrogen-bond donors (Lipinski definition) is 3. The summed E-state index contributed by atoms with van der Waals surface area (Å²) in [5.41, 5.74) is 8.59. The van der Waals surface area contributed by atoms with Crippen molar-refractivity contribution in [2.75, 3.05) is 43.6 Å². The lowest BCUT2D eigenvalue weighted by atomic mass is 10.1. The Kier molecular flexibility index (Phi) is 6.77. The van der Waals surface area contributed by atoms with Crippen molar-refractivity contribution in [1.82, 2.24) is 4.72 Å². The van der Waals surface area contributed by atoms with Gasteiger partial charge in [-0.25, -0.2) is 13.1 Å². The van der Waals surface area contributed by atoms with Crippen LogP contribution in [-0.4, -0.2) is 41.0 Å². The Morgan fingerprint density at radius 2 is 2.05 bits per heavy atom. The molecule has 4 N–H and O–H groups in total. The molecule has 114 valence electrons. The van der Waals surface area contributed by atoms with E-state index in [1.807, 2.05) is 25.1 Å². The molecule has 0 atom stereocenters. The van der Waals surface area contributed by atoms with Gasteiger partial charge in [-0.05, 0) is 37.1 Å². The summed E-state index contributed by atoms with van der Waals surface area (Å²) in [5, 5.41) is 3.15. The fourth-order valence-corrected chi connectivity index (χ4v) is 2.17. The van der Waals surface area contributed by atoms with E-state index in [9.17, 15) is 8.42 Å². The van der Waals surface area contributed by atoms with Crippen molar-refractivity contribution in [1.29, 1.82) is 0 Å². The molecule has 0 aliphatic heterocycles. The molecular formula is C13H23N3O3S. The molecule has 0 aromatic heterocycles. The lowest BCUT2D eigenvalue weighted by Crippen LogP contribution is -2.27. The summed E-state index contributed by atoms with van der Waals surface area (Å²) < 4.78 is 29.6. The third-order valence-corrected chi connectivity index (χ3v) is 3.41. The maximum absolute atomic E-state index is 10.9. The van der Waals surface area contributed by atoms with E-state index in [0.717, 1.165) is 29.6 Å². The third kappa shape index (κ3) is 6.74. The van der Waals surface area contributed by atoms with E-state index in [1.165, 1.54) is 0 Å². The van der Waals surface area contributed by atoms with Gasteiger partial charge in [0.25, 0.3) is 0 Å². The minimum Gasteiger partial charge on any atom is -0.399 e. The van der Waals surface area contributed by atoms with Crippen molar-refractivity contribution in [2.45, 2.75) is 13.3 Å². The first-order valence-corrected chi connectivity index (χ1v) is 8.46. The summed E-state index contributed by atoms with van der Waals surface area (Å²) in [7, 11) is -3.13. The largest absolute Gasteiger partial charge is 0.399 e. The quantitative estimate of drug-likeness (QED) is 0.463. The van der Waals surface area contributed by atoms with E-state index < -0.39 is 10.0 Å². The number of anilines is 2. The van der Waals surface area contributed by atoms with Crippen molar-refractivity contribution in [3.63, 3.8) is 0 Å². The van der Waals surface area contributed by atoms with E-state index in [-0.39, 0.29) is 0 Å². The number of rotatable bonds is 9. The molecule has 1 aromatic rings. The zero-order valence-electron chi connectivity index (χ0n) is 12.0. The Bertz CT molecular complexity index is 518. The third-order valence-electron chi connectivity index (χ3n) is 2.68. The van der Waals surface area contributed by atoms with Gasteiger partial charge in [0, 0.05) is 31.1 Å². The Morgan fingerprint density at radius 3 is 2.70 bits per heavy atom. The lowest BCUT2D eigenvalue weighted by molar-refractivity contribution is 0.151. The van der Waals surface area contributed by atoms with Gasteiger partial charge in [0.1, 0.15) is 0 Å². The highest BCUT2D eigenvalue weighted by Crippen LogP contribution is 2.18. The molecule has 6 nitrogen and oxygen atoms in total. The number of nitrogens with one attached hydrogen (secondary N) is 2. The monoisotopic (exact) mass is 301 g/mol. The topological polar surface area (TPSA) is 93.5 Å². The molecule has 0 radical (unpaired) electrons. The number of nitrogen functional groups attached to an aromatic ring is 1. The van der Waals surface area contributed by atoms with Crippen LogP contribution in [0.4, 0.5) is 11.4 Å². The van der Waals surface area contributed by atoms with E-state index >= 15 is 0 Å². The van der Waals surface area contributed by atoms with Crippen LogP contribution in [0.25, 0.3) is 0 Å². The van der Waals surface area contributed by atoms with Crippen LogP contribution in [0, 0.1) is 0 Å². The zero-order valence-corrected chi connectivity index (χ0v) is 12.8. The van der Waals surface area contributed by atoms with Crippen molar-refractivity contribution in [2.24, 2.45) is 0 Å². The van der Waals surface area contributed by atoms with E-state index in [0.29, 0.717) is 26.3 Å². The molecule has 0 aliphatic rings. The Hall–Kier alpha value is -1.31. The molecule has 0 saturated carbocycles. The molecule has 7 heteroatoms. The molecule has 0 aliphatic carbocycles. The molecule has 0 heterocycles. The van der Waals surface area contributed by atoms with Gasteiger partial charge in [0.05, 0.1) is 12.9 Å². The summed E-state index contributed by atoms with van der Waals surface area (Å²) in [4.78, 5) is 0. The first kappa shape index (κ1) is 16.7. The van der Waals surface area contributed by atoms with Crippen LogP contribution < -0.4 is 15.8 Å². The van der Waals surface area contributed by atoms with Crippen molar-refractivity contribution in [3.05, 3.63) is 23.8 Å². The van der Waals surface area contributed by atoms with Crippen LogP contribution >= 0.6 is 0 Å². The van der Waals surface area contributed by atoms with Crippen LogP contribution in [0.2, 0.25) is 0 Å². The number of sulfonamides is 1. The summed E-state index contributed by atoms with van der Waals surface area (Å²) in [6.45, 7) is 4.14. The molecule has 0 saturated heterocycles. The number of hydrogen-bond acceptors (Lipinski definition) is 5. The molecule has 0 bridgehead atoms. The molecule has 0 spiro atoms. The second-order valence-electron chi connectivity index (χ2n) is 4.45. The molecule has 20 heavy (non-hydrogen) atoms. The number of nitrogens with two attached hydrogens (primary N) is 1. The average Bonchev–Trinajstić information content (AvgIpc) is 2.37. The van der Waals surface area contributed by atoms with Gasteiger partial charge < -0.3 is 15.8 Å². The first-order chi connectivity index (χ1) is 9.42. The van der Waals surface area contributed by atoms with Gasteiger partial charge in [0.2, 0.25) is 10.0 Å². The normalized spacial score (nSPS) is 11.5. The number of ether oxygens (including phenoxy) is 1. The highest BCUT2D eigenvalue weighted by atomic mass is 32.2. The second-order valence-corrected chi connectivity index (χ2v) is 6.29. The van der Waals surface area contributed by atoms with E-state index in [1.54, 1.807) is 0 Å². The fraction of sp³-hybridized carbons (Fsp3) is 0.538. The molecule has 1 rings (SSSR count). The minimum absolute atomic E-state index is 0.345. The molecular weight excluding hydrogens is 278 g/mol. The van der Waals surface area contributed by atoms with Gasteiger partial charge in [0.15, 0.2) is 0 Å². The maximum Gasteiger partial charge on any atom is 0.208 e. The van der Waals surface area contributed by atoms with Gasteiger partial charge in [-0.2, -0.15) is 0 Å². The predicted molar refractivity (Wildman–Crippen MR) is 82.4 cm³/mol. The van der Waals surface area contributed by atoms with Gasteiger partial charge >= 0.3 is 0 Å². The van der Waals surface area contributed by atoms with E-state index in [4.69, 9.17) is 10.5 Å². The lowest BCUT2D eigenvalue weighted by Gasteiger charge is -2.11. The molecule has 0 amide bonds. The van der Waals surface area contributed by atoms with Gasteiger partial charge in [-0.15, -0.1) is 0 Å². The predicted octanol–water partition coefficient (Wildman–Crippen LogP) is 0.809. The van der Waals surface area contributed by atoms with Crippen LogP contribution in [0.15, 0.2) is 18.2 Å². The van der Waals surface area contributed by atoms with Crippen molar-refractivity contribution < 1.29 is 13.2 Å². The average molecular weight is 301 g/mol. The minimum atomic E-state index is -3.13. The second kappa shape index (κ2) is 8.08. The van der Waals surface area contributed by atoms with Crippen LogP contribution in [0.1, 0.15) is 12.5 Å². The fourth-order valence-electron chi connectivity index (χ4n) is 1.70. The summed E-state index contributed by atoms with van der Waals surface area (Å²) >= 11 is 0. The molecule has 0 unspecified atom stereocenters.